The molecule has 1 heterocycles. The molecule has 1 rings (SSSR count). The summed E-state index contributed by atoms with van der Waals surface area (Å²) >= 11 is 0. The molecule has 0 spiro atoms. The second-order valence-electron chi connectivity index (χ2n) is 2.94. The van der Waals surface area contributed by atoms with E-state index in [1.807, 2.05) is 0 Å². The lowest BCUT2D eigenvalue weighted by molar-refractivity contribution is -0.120. The molecule has 2 amide bonds. The van der Waals surface area contributed by atoms with Crippen LogP contribution in [0.3, 0.4) is 0 Å². The maximum Gasteiger partial charge on any atom is 0.287 e. The number of carbonyl (C=O) groups excluding carboxylic acids is 2. The third-order valence-corrected chi connectivity index (χ3v) is 1.80. The molecule has 0 atom stereocenters. The minimum atomic E-state index is -0.272. The van der Waals surface area contributed by atoms with Gasteiger partial charge in [-0.2, -0.15) is 0 Å². The van der Waals surface area contributed by atoms with Crippen molar-refractivity contribution >= 4 is 11.8 Å². The zero-order chi connectivity index (χ0) is 11.1. The number of hydrogen-bond donors (Lipinski definition) is 2. The van der Waals surface area contributed by atoms with Crippen molar-refractivity contribution in [2.75, 3.05) is 13.1 Å². The minimum absolute atomic E-state index is 0.0257. The maximum atomic E-state index is 11.3. The van der Waals surface area contributed by atoms with Crippen LogP contribution in [0.15, 0.2) is 22.8 Å². The number of carbonyl (C=O) groups is 2. The largest absolute Gasteiger partial charge is 0.459 e. The summed E-state index contributed by atoms with van der Waals surface area (Å²) in [5.41, 5.74) is 0. The van der Waals surface area contributed by atoms with Crippen molar-refractivity contribution in [3.8, 4) is 0 Å². The lowest BCUT2D eigenvalue weighted by Gasteiger charge is -2.04. The zero-order valence-electron chi connectivity index (χ0n) is 8.58. The average molecular weight is 210 g/mol. The van der Waals surface area contributed by atoms with Crippen LogP contribution in [0.1, 0.15) is 23.9 Å². The molecule has 1 aromatic heterocycles. The first kappa shape index (κ1) is 11.3. The summed E-state index contributed by atoms with van der Waals surface area (Å²) in [4.78, 5) is 22.1. The van der Waals surface area contributed by atoms with Gasteiger partial charge in [0.1, 0.15) is 0 Å². The van der Waals surface area contributed by atoms with E-state index >= 15 is 0 Å². The van der Waals surface area contributed by atoms with E-state index in [9.17, 15) is 9.59 Å². The molecule has 0 saturated heterocycles. The molecule has 0 saturated carbocycles. The molecular formula is C10H14N2O3. The van der Waals surface area contributed by atoms with Crippen molar-refractivity contribution in [3.05, 3.63) is 24.2 Å². The van der Waals surface area contributed by atoms with Crippen molar-refractivity contribution in [3.63, 3.8) is 0 Å². The van der Waals surface area contributed by atoms with Crippen molar-refractivity contribution in [2.45, 2.75) is 13.3 Å². The highest BCUT2D eigenvalue weighted by Gasteiger charge is 2.06. The predicted octanol–water partition coefficient (Wildman–Crippen LogP) is 0.536. The van der Waals surface area contributed by atoms with Gasteiger partial charge in [-0.3, -0.25) is 9.59 Å². The van der Waals surface area contributed by atoms with Crippen molar-refractivity contribution in [2.24, 2.45) is 0 Å². The number of amides is 2. The van der Waals surface area contributed by atoms with Gasteiger partial charge < -0.3 is 15.1 Å². The van der Waals surface area contributed by atoms with E-state index in [0.29, 0.717) is 19.5 Å². The molecule has 0 aromatic carbocycles. The molecule has 5 heteroatoms. The molecule has 0 radical (unpaired) electrons. The SMILES string of the molecule is CCC(=O)NCCNC(=O)c1ccco1. The van der Waals surface area contributed by atoms with Crippen molar-refractivity contribution in [1.82, 2.24) is 10.6 Å². The van der Waals surface area contributed by atoms with Gasteiger partial charge >= 0.3 is 0 Å². The van der Waals surface area contributed by atoms with E-state index in [2.05, 4.69) is 10.6 Å². The van der Waals surface area contributed by atoms with Gasteiger partial charge in [-0.15, -0.1) is 0 Å². The zero-order valence-corrected chi connectivity index (χ0v) is 8.58. The summed E-state index contributed by atoms with van der Waals surface area (Å²) < 4.78 is 4.90. The fraction of sp³-hybridized carbons (Fsp3) is 0.400. The first-order valence-corrected chi connectivity index (χ1v) is 4.82. The highest BCUT2D eigenvalue weighted by atomic mass is 16.3. The van der Waals surface area contributed by atoms with Gasteiger partial charge in [0.05, 0.1) is 6.26 Å². The normalized spacial score (nSPS) is 9.67. The topological polar surface area (TPSA) is 71.3 Å². The summed E-state index contributed by atoms with van der Waals surface area (Å²) in [7, 11) is 0. The van der Waals surface area contributed by atoms with Crippen molar-refractivity contribution in [1.29, 1.82) is 0 Å². The van der Waals surface area contributed by atoms with E-state index in [1.54, 1.807) is 19.1 Å². The van der Waals surface area contributed by atoms with Crippen LogP contribution in [0.4, 0.5) is 0 Å². The molecular weight excluding hydrogens is 196 g/mol. The molecule has 82 valence electrons. The van der Waals surface area contributed by atoms with Crippen LogP contribution in [0, 0.1) is 0 Å². The molecule has 5 nitrogen and oxygen atoms in total. The smallest absolute Gasteiger partial charge is 0.287 e. The molecule has 15 heavy (non-hydrogen) atoms. The predicted molar refractivity (Wildman–Crippen MR) is 54.3 cm³/mol. The average Bonchev–Trinajstić information content (AvgIpc) is 2.77. The van der Waals surface area contributed by atoms with E-state index in [1.165, 1.54) is 6.26 Å². The van der Waals surface area contributed by atoms with Crippen LogP contribution < -0.4 is 10.6 Å². The monoisotopic (exact) mass is 210 g/mol. The molecule has 0 aliphatic carbocycles. The summed E-state index contributed by atoms with van der Waals surface area (Å²) in [6.07, 6.45) is 1.89. The van der Waals surface area contributed by atoms with Crippen LogP contribution in [0.25, 0.3) is 0 Å². The van der Waals surface area contributed by atoms with E-state index in [0.717, 1.165) is 0 Å². The summed E-state index contributed by atoms with van der Waals surface area (Å²) in [5, 5.41) is 5.27. The fourth-order valence-corrected chi connectivity index (χ4v) is 0.998. The second kappa shape index (κ2) is 5.85. The Bertz CT molecular complexity index is 319. The Labute approximate surface area is 87.8 Å². The number of furan rings is 1. The lowest BCUT2D eigenvalue weighted by atomic mass is 10.4. The van der Waals surface area contributed by atoms with Crippen molar-refractivity contribution < 1.29 is 14.0 Å². The van der Waals surface area contributed by atoms with Crippen LogP contribution in [-0.4, -0.2) is 24.9 Å². The Morgan fingerprint density at radius 1 is 1.33 bits per heavy atom. The van der Waals surface area contributed by atoms with Gasteiger partial charge in [-0.05, 0) is 12.1 Å². The molecule has 0 aliphatic heterocycles. The van der Waals surface area contributed by atoms with Gasteiger partial charge in [-0.1, -0.05) is 6.92 Å². The highest BCUT2D eigenvalue weighted by Crippen LogP contribution is 1.98. The van der Waals surface area contributed by atoms with Gasteiger partial charge in [0, 0.05) is 19.5 Å². The molecule has 0 fully saturated rings. The standard InChI is InChI=1S/C10H14N2O3/c1-2-9(13)11-5-6-12-10(14)8-4-3-7-15-8/h3-4,7H,2,5-6H2,1H3,(H,11,13)(H,12,14). The van der Waals surface area contributed by atoms with Crippen LogP contribution in [-0.2, 0) is 4.79 Å². The summed E-state index contributed by atoms with van der Waals surface area (Å²) in [6, 6.07) is 3.23. The molecule has 0 aliphatic rings. The molecule has 1 aromatic rings. The van der Waals surface area contributed by atoms with Crippen LogP contribution in [0.2, 0.25) is 0 Å². The Kier molecular flexibility index (Phi) is 4.40. The van der Waals surface area contributed by atoms with Gasteiger partial charge in [0.2, 0.25) is 5.91 Å². The maximum absolute atomic E-state index is 11.3. The Morgan fingerprint density at radius 2 is 2.07 bits per heavy atom. The first-order chi connectivity index (χ1) is 7.24. The Morgan fingerprint density at radius 3 is 2.67 bits per heavy atom. The second-order valence-corrected chi connectivity index (χ2v) is 2.94. The number of hydrogen-bond acceptors (Lipinski definition) is 3. The Balaban J connectivity index is 2.16. The third-order valence-electron chi connectivity index (χ3n) is 1.80. The quantitative estimate of drug-likeness (QED) is 0.696. The number of nitrogens with one attached hydrogen (secondary N) is 2. The molecule has 0 unspecified atom stereocenters. The third kappa shape index (κ3) is 3.84. The lowest BCUT2D eigenvalue weighted by Crippen LogP contribution is -2.34. The van der Waals surface area contributed by atoms with E-state index < -0.39 is 0 Å². The summed E-state index contributed by atoms with van der Waals surface area (Å²) in [6.45, 7) is 2.60. The van der Waals surface area contributed by atoms with Crippen LogP contribution >= 0.6 is 0 Å². The van der Waals surface area contributed by atoms with Gasteiger partial charge in [-0.25, -0.2) is 0 Å². The molecule has 0 bridgehead atoms. The highest BCUT2D eigenvalue weighted by molar-refractivity contribution is 5.91. The molecule has 2 N–H and O–H groups in total. The Hall–Kier alpha value is -1.78. The first-order valence-electron chi connectivity index (χ1n) is 4.82. The van der Waals surface area contributed by atoms with Crippen LogP contribution in [0.5, 0.6) is 0 Å². The number of rotatable bonds is 5. The minimum Gasteiger partial charge on any atom is -0.459 e. The van der Waals surface area contributed by atoms with Gasteiger partial charge in [0.15, 0.2) is 5.76 Å². The van der Waals surface area contributed by atoms with E-state index in [4.69, 9.17) is 4.42 Å². The van der Waals surface area contributed by atoms with Gasteiger partial charge in [0.25, 0.3) is 5.91 Å². The van der Waals surface area contributed by atoms with E-state index in [-0.39, 0.29) is 17.6 Å². The fourth-order valence-electron chi connectivity index (χ4n) is 0.998. The summed E-state index contributed by atoms with van der Waals surface area (Å²) in [5.74, 6) is -0.0233.